The largest absolute Gasteiger partial charge is 0.312 e. The minimum Gasteiger partial charge on any atom is -0.312 e. The lowest BCUT2D eigenvalue weighted by Gasteiger charge is -2.16. The molecule has 0 saturated carbocycles. The molecule has 2 amide bonds. The fourth-order valence-corrected chi connectivity index (χ4v) is 3.57. The molecule has 2 aromatic rings. The number of benzene rings is 1. The molecule has 5 nitrogen and oxygen atoms in total. The molecule has 0 bridgehead atoms. The van der Waals surface area contributed by atoms with Crippen LogP contribution in [0.1, 0.15) is 31.9 Å². The molecular formula is C17H18ClN3O2S. The van der Waals surface area contributed by atoms with Crippen LogP contribution in [0.3, 0.4) is 0 Å². The number of nitrogens with one attached hydrogen (secondary N) is 1. The van der Waals surface area contributed by atoms with Gasteiger partial charge in [0, 0.05) is 29.1 Å². The quantitative estimate of drug-likeness (QED) is 0.895. The lowest BCUT2D eigenvalue weighted by Crippen LogP contribution is -2.28. The van der Waals surface area contributed by atoms with Crippen LogP contribution in [0, 0.1) is 5.92 Å². The summed E-state index contributed by atoms with van der Waals surface area (Å²) in [4.78, 5) is 30.7. The molecule has 1 aliphatic rings. The average Bonchev–Trinajstić information content (AvgIpc) is 3.15. The summed E-state index contributed by atoms with van der Waals surface area (Å²) in [6.45, 7) is 4.48. The molecule has 3 rings (SSSR count). The zero-order chi connectivity index (χ0) is 17.3. The molecule has 1 aromatic carbocycles. The van der Waals surface area contributed by atoms with Crippen molar-refractivity contribution in [1.29, 1.82) is 0 Å². The van der Waals surface area contributed by atoms with Crippen LogP contribution in [0.25, 0.3) is 0 Å². The number of hydrogen-bond donors (Lipinski definition) is 1. The minimum atomic E-state index is -0.375. The van der Waals surface area contributed by atoms with Crippen molar-refractivity contribution in [3.05, 3.63) is 40.4 Å². The first-order valence-corrected chi connectivity index (χ1v) is 9.02. The van der Waals surface area contributed by atoms with Crippen LogP contribution in [0.2, 0.25) is 5.02 Å². The van der Waals surface area contributed by atoms with Gasteiger partial charge in [0.05, 0.1) is 11.6 Å². The Balaban J connectivity index is 1.66. The van der Waals surface area contributed by atoms with E-state index in [-0.39, 0.29) is 24.2 Å². The van der Waals surface area contributed by atoms with E-state index in [9.17, 15) is 9.59 Å². The zero-order valence-corrected chi connectivity index (χ0v) is 15.0. The molecule has 0 unspecified atom stereocenters. The maximum Gasteiger partial charge on any atom is 0.231 e. The van der Waals surface area contributed by atoms with E-state index >= 15 is 0 Å². The highest BCUT2D eigenvalue weighted by Crippen LogP contribution is 2.28. The number of halogens is 1. The predicted molar refractivity (Wildman–Crippen MR) is 96.7 cm³/mol. The zero-order valence-electron chi connectivity index (χ0n) is 13.5. The van der Waals surface area contributed by atoms with Gasteiger partial charge in [0.15, 0.2) is 5.13 Å². The molecule has 1 aromatic heterocycles. The Kier molecular flexibility index (Phi) is 4.87. The van der Waals surface area contributed by atoms with Gasteiger partial charge >= 0.3 is 0 Å². The first kappa shape index (κ1) is 16.9. The molecule has 7 heteroatoms. The number of rotatable bonds is 4. The summed E-state index contributed by atoms with van der Waals surface area (Å²) in [5.41, 5.74) is 1.72. The lowest BCUT2D eigenvalue weighted by molar-refractivity contribution is -0.122. The van der Waals surface area contributed by atoms with E-state index in [1.165, 1.54) is 11.3 Å². The predicted octanol–water partition coefficient (Wildman–Crippen LogP) is 3.91. The summed E-state index contributed by atoms with van der Waals surface area (Å²) >= 11 is 7.28. The summed E-state index contributed by atoms with van der Waals surface area (Å²) in [5, 5.41) is 5.97. The molecule has 1 saturated heterocycles. The number of carbonyl (C=O) groups excluding carboxylic acids is 2. The number of amides is 2. The summed E-state index contributed by atoms with van der Waals surface area (Å²) in [5.74, 6) is -0.274. The minimum absolute atomic E-state index is 0.0560. The molecule has 126 valence electrons. The molecular weight excluding hydrogens is 346 g/mol. The normalized spacial score (nSPS) is 17.6. The average molecular weight is 364 g/mol. The van der Waals surface area contributed by atoms with Crippen LogP contribution >= 0.6 is 22.9 Å². The summed E-state index contributed by atoms with van der Waals surface area (Å²) in [7, 11) is 0. The van der Waals surface area contributed by atoms with E-state index in [2.05, 4.69) is 24.1 Å². The van der Waals surface area contributed by atoms with E-state index < -0.39 is 0 Å². The third-order valence-electron chi connectivity index (χ3n) is 3.98. The Morgan fingerprint density at radius 3 is 2.71 bits per heavy atom. The Morgan fingerprint density at radius 2 is 2.08 bits per heavy atom. The van der Waals surface area contributed by atoms with Crippen LogP contribution < -0.4 is 10.2 Å². The van der Waals surface area contributed by atoms with Crippen LogP contribution in [-0.4, -0.2) is 23.3 Å². The number of hydrogen-bond acceptors (Lipinski definition) is 4. The van der Waals surface area contributed by atoms with Gasteiger partial charge in [0.1, 0.15) is 0 Å². The highest BCUT2D eigenvalue weighted by atomic mass is 35.5. The Bertz CT molecular complexity index is 757. The van der Waals surface area contributed by atoms with Gasteiger partial charge in [-0.15, -0.1) is 11.3 Å². The molecule has 2 heterocycles. The standard InChI is InChI=1S/C17H18ClN3O2S/c1-10(2)14-9-24-17(19-14)20-16(23)11-7-15(22)21(8-11)13-5-3-12(18)4-6-13/h3-6,9-11H,7-8H2,1-2H3,(H,19,20,23)/t11-/m1/s1. The highest BCUT2D eigenvalue weighted by Gasteiger charge is 2.35. The molecule has 0 spiro atoms. The van der Waals surface area contributed by atoms with Crippen molar-refractivity contribution in [1.82, 2.24) is 4.98 Å². The first-order chi connectivity index (χ1) is 11.4. The first-order valence-electron chi connectivity index (χ1n) is 7.76. The van der Waals surface area contributed by atoms with Crippen molar-refractivity contribution in [3.63, 3.8) is 0 Å². The number of aromatic nitrogens is 1. The van der Waals surface area contributed by atoms with Gasteiger partial charge in [-0.3, -0.25) is 9.59 Å². The monoisotopic (exact) mass is 363 g/mol. The lowest BCUT2D eigenvalue weighted by atomic mass is 10.1. The molecule has 1 atom stereocenters. The van der Waals surface area contributed by atoms with E-state index in [0.29, 0.717) is 22.6 Å². The van der Waals surface area contributed by atoms with Gasteiger partial charge in [-0.05, 0) is 30.2 Å². The maximum absolute atomic E-state index is 12.4. The molecule has 0 radical (unpaired) electrons. The van der Waals surface area contributed by atoms with Gasteiger partial charge in [0.2, 0.25) is 11.8 Å². The van der Waals surface area contributed by atoms with Crippen molar-refractivity contribution in [2.24, 2.45) is 5.92 Å². The van der Waals surface area contributed by atoms with Crippen molar-refractivity contribution < 1.29 is 9.59 Å². The highest BCUT2D eigenvalue weighted by molar-refractivity contribution is 7.13. The van der Waals surface area contributed by atoms with Crippen molar-refractivity contribution in [2.75, 3.05) is 16.8 Å². The molecule has 24 heavy (non-hydrogen) atoms. The third kappa shape index (κ3) is 3.60. The van der Waals surface area contributed by atoms with E-state index in [0.717, 1.165) is 11.4 Å². The van der Waals surface area contributed by atoms with Gasteiger partial charge in [0.25, 0.3) is 0 Å². The van der Waals surface area contributed by atoms with Crippen molar-refractivity contribution >= 4 is 45.6 Å². The molecule has 0 aliphatic carbocycles. The van der Waals surface area contributed by atoms with E-state index in [1.54, 1.807) is 29.2 Å². The van der Waals surface area contributed by atoms with Crippen LogP contribution in [-0.2, 0) is 9.59 Å². The van der Waals surface area contributed by atoms with Crippen LogP contribution in [0.4, 0.5) is 10.8 Å². The number of nitrogens with zero attached hydrogens (tertiary/aromatic N) is 2. The SMILES string of the molecule is CC(C)c1csc(NC(=O)[C@@H]2CC(=O)N(c3ccc(Cl)cc3)C2)n1. The summed E-state index contributed by atoms with van der Waals surface area (Å²) < 4.78 is 0. The van der Waals surface area contributed by atoms with Crippen LogP contribution in [0.15, 0.2) is 29.6 Å². The van der Waals surface area contributed by atoms with Gasteiger partial charge in [-0.2, -0.15) is 0 Å². The fourth-order valence-electron chi connectivity index (χ4n) is 2.57. The summed E-state index contributed by atoms with van der Waals surface area (Å²) in [6, 6.07) is 7.05. The van der Waals surface area contributed by atoms with Gasteiger partial charge in [-0.1, -0.05) is 25.4 Å². The molecule has 1 aliphatic heterocycles. The summed E-state index contributed by atoms with van der Waals surface area (Å²) in [6.07, 6.45) is 0.205. The Hall–Kier alpha value is -1.92. The van der Waals surface area contributed by atoms with E-state index in [4.69, 9.17) is 11.6 Å². The van der Waals surface area contributed by atoms with Gasteiger partial charge < -0.3 is 10.2 Å². The third-order valence-corrected chi connectivity index (χ3v) is 5.01. The number of carbonyl (C=O) groups is 2. The van der Waals surface area contributed by atoms with E-state index in [1.807, 2.05) is 5.38 Å². The van der Waals surface area contributed by atoms with Crippen LogP contribution in [0.5, 0.6) is 0 Å². The molecule has 1 N–H and O–H groups in total. The van der Waals surface area contributed by atoms with Crippen molar-refractivity contribution in [3.8, 4) is 0 Å². The number of thiazole rings is 1. The fraction of sp³-hybridized carbons (Fsp3) is 0.353. The Labute approximate surface area is 149 Å². The number of anilines is 2. The molecule has 1 fully saturated rings. The second kappa shape index (κ2) is 6.91. The topological polar surface area (TPSA) is 62.3 Å². The Morgan fingerprint density at radius 1 is 1.38 bits per heavy atom. The van der Waals surface area contributed by atoms with Crippen molar-refractivity contribution in [2.45, 2.75) is 26.2 Å². The second-order valence-electron chi connectivity index (χ2n) is 6.10. The van der Waals surface area contributed by atoms with Gasteiger partial charge in [-0.25, -0.2) is 4.98 Å². The smallest absolute Gasteiger partial charge is 0.231 e. The maximum atomic E-state index is 12.4. The second-order valence-corrected chi connectivity index (χ2v) is 7.40.